The van der Waals surface area contributed by atoms with Gasteiger partial charge in [0.15, 0.2) is 0 Å². The molecule has 4 nitrogen and oxygen atoms in total. The van der Waals surface area contributed by atoms with E-state index in [1.807, 2.05) is 0 Å². The van der Waals surface area contributed by atoms with Crippen molar-refractivity contribution < 1.29 is 0 Å². The minimum atomic E-state index is 0.606. The van der Waals surface area contributed by atoms with Gasteiger partial charge in [-0.05, 0) is 39.5 Å². The average molecular weight is 274 g/mol. The molecule has 2 fully saturated rings. The first kappa shape index (κ1) is 13.7. The van der Waals surface area contributed by atoms with Crippen LogP contribution in [0.2, 0.25) is 0 Å². The first-order valence-electron chi connectivity index (χ1n) is 8.21. The molecule has 0 atom stereocenters. The summed E-state index contributed by atoms with van der Waals surface area (Å²) in [6.07, 6.45) is 7.86. The first-order valence-corrected chi connectivity index (χ1v) is 8.21. The number of aromatic nitrogens is 2. The third kappa shape index (κ3) is 2.89. The maximum Gasteiger partial charge on any atom is 0.136 e. The van der Waals surface area contributed by atoms with Crippen LogP contribution >= 0.6 is 0 Å². The van der Waals surface area contributed by atoms with E-state index in [-0.39, 0.29) is 0 Å². The molecule has 2 saturated carbocycles. The van der Waals surface area contributed by atoms with E-state index in [9.17, 15) is 0 Å². The van der Waals surface area contributed by atoms with Crippen LogP contribution in [0.15, 0.2) is 6.07 Å². The van der Waals surface area contributed by atoms with Crippen LogP contribution in [-0.4, -0.2) is 29.1 Å². The summed E-state index contributed by atoms with van der Waals surface area (Å²) in [7, 11) is 0. The van der Waals surface area contributed by atoms with E-state index in [0.717, 1.165) is 30.5 Å². The van der Waals surface area contributed by atoms with Crippen molar-refractivity contribution in [1.82, 2.24) is 9.97 Å². The van der Waals surface area contributed by atoms with Crippen LogP contribution in [0.25, 0.3) is 0 Å². The van der Waals surface area contributed by atoms with Gasteiger partial charge in [-0.25, -0.2) is 9.97 Å². The van der Waals surface area contributed by atoms with Crippen molar-refractivity contribution in [3.63, 3.8) is 0 Å². The largest absolute Gasteiger partial charge is 0.370 e. The van der Waals surface area contributed by atoms with Gasteiger partial charge in [-0.3, -0.25) is 0 Å². The maximum absolute atomic E-state index is 4.87. The number of nitrogens with one attached hydrogen (secondary N) is 1. The van der Waals surface area contributed by atoms with Gasteiger partial charge in [0.2, 0.25) is 0 Å². The molecule has 1 heterocycles. The quantitative estimate of drug-likeness (QED) is 0.861. The summed E-state index contributed by atoms with van der Waals surface area (Å²) in [5, 5.41) is 3.36. The van der Waals surface area contributed by atoms with Crippen molar-refractivity contribution in [3.8, 4) is 0 Å². The molecule has 1 N–H and O–H groups in total. The van der Waals surface area contributed by atoms with E-state index in [1.165, 1.54) is 38.5 Å². The van der Waals surface area contributed by atoms with Crippen LogP contribution in [0.5, 0.6) is 0 Å². The van der Waals surface area contributed by atoms with Crippen LogP contribution < -0.4 is 10.2 Å². The van der Waals surface area contributed by atoms with Gasteiger partial charge in [0, 0.05) is 31.1 Å². The number of hydrogen-bond acceptors (Lipinski definition) is 4. The molecule has 0 aromatic carbocycles. The Bertz CT molecular complexity index is 450. The zero-order chi connectivity index (χ0) is 13.9. The monoisotopic (exact) mass is 274 g/mol. The van der Waals surface area contributed by atoms with Crippen LogP contribution in [0.1, 0.15) is 64.1 Å². The third-order valence-corrected chi connectivity index (χ3v) is 4.43. The molecule has 0 saturated heterocycles. The molecule has 110 valence electrons. The van der Waals surface area contributed by atoms with E-state index >= 15 is 0 Å². The van der Waals surface area contributed by atoms with Gasteiger partial charge in [-0.2, -0.15) is 0 Å². The fraction of sp³-hybridized carbons (Fsp3) is 0.750. The number of nitrogens with zero attached hydrogens (tertiary/aromatic N) is 3. The molecule has 0 amide bonds. The van der Waals surface area contributed by atoms with Crippen molar-refractivity contribution in [2.24, 2.45) is 0 Å². The molecule has 0 aliphatic heterocycles. The fourth-order valence-corrected chi connectivity index (χ4v) is 3.22. The van der Waals surface area contributed by atoms with Gasteiger partial charge in [0.1, 0.15) is 17.5 Å². The van der Waals surface area contributed by atoms with Gasteiger partial charge < -0.3 is 10.2 Å². The highest BCUT2D eigenvalue weighted by Gasteiger charge is 2.29. The predicted octanol–water partition coefficient (Wildman–Crippen LogP) is 3.55. The van der Waals surface area contributed by atoms with E-state index in [2.05, 4.69) is 35.1 Å². The van der Waals surface area contributed by atoms with E-state index in [4.69, 9.17) is 4.98 Å². The fourth-order valence-electron chi connectivity index (χ4n) is 3.22. The minimum Gasteiger partial charge on any atom is -0.370 e. The molecule has 1 aromatic rings. The van der Waals surface area contributed by atoms with Gasteiger partial charge in [-0.1, -0.05) is 12.8 Å². The summed E-state index contributed by atoms with van der Waals surface area (Å²) in [6.45, 7) is 6.31. The molecule has 2 aliphatic carbocycles. The number of anilines is 2. The summed E-state index contributed by atoms with van der Waals surface area (Å²) in [6, 6.07) is 2.81. The maximum atomic E-state index is 4.87. The molecule has 4 heteroatoms. The van der Waals surface area contributed by atoms with Gasteiger partial charge in [0.25, 0.3) is 0 Å². The lowest BCUT2D eigenvalue weighted by atomic mass is 10.2. The van der Waals surface area contributed by atoms with E-state index in [1.54, 1.807) is 0 Å². The Balaban J connectivity index is 1.88. The van der Waals surface area contributed by atoms with Gasteiger partial charge in [0.05, 0.1) is 0 Å². The molecule has 0 radical (unpaired) electrons. The Kier molecular flexibility index (Phi) is 4.08. The lowest BCUT2D eigenvalue weighted by Gasteiger charge is -2.29. The molecular formula is C16H26N4. The van der Waals surface area contributed by atoms with Crippen molar-refractivity contribution in [2.75, 3.05) is 23.3 Å². The summed E-state index contributed by atoms with van der Waals surface area (Å²) in [5.74, 6) is 3.78. The molecular weight excluding hydrogens is 248 g/mol. The molecule has 1 aromatic heterocycles. The van der Waals surface area contributed by atoms with Crippen LogP contribution in [-0.2, 0) is 0 Å². The van der Waals surface area contributed by atoms with Crippen molar-refractivity contribution >= 4 is 11.6 Å². The zero-order valence-electron chi connectivity index (χ0n) is 12.7. The summed E-state index contributed by atoms with van der Waals surface area (Å²) < 4.78 is 0. The van der Waals surface area contributed by atoms with Crippen molar-refractivity contribution in [2.45, 2.75) is 64.3 Å². The highest BCUT2D eigenvalue weighted by Crippen LogP contribution is 2.39. The Hall–Kier alpha value is -1.32. The summed E-state index contributed by atoms with van der Waals surface area (Å²) in [4.78, 5) is 12.0. The van der Waals surface area contributed by atoms with Gasteiger partial charge >= 0.3 is 0 Å². The average Bonchev–Trinajstić information content (AvgIpc) is 3.18. The number of hydrogen-bond donors (Lipinski definition) is 1. The Morgan fingerprint density at radius 1 is 1.15 bits per heavy atom. The first-order chi connectivity index (χ1) is 9.81. The zero-order valence-corrected chi connectivity index (χ0v) is 12.7. The van der Waals surface area contributed by atoms with Crippen molar-refractivity contribution in [1.29, 1.82) is 0 Å². The normalized spacial score (nSPS) is 19.3. The molecule has 20 heavy (non-hydrogen) atoms. The van der Waals surface area contributed by atoms with Crippen LogP contribution in [0.3, 0.4) is 0 Å². The molecule has 3 rings (SSSR count). The minimum absolute atomic E-state index is 0.606. The molecule has 2 aliphatic rings. The van der Waals surface area contributed by atoms with E-state index < -0.39 is 0 Å². The molecule has 0 unspecified atom stereocenters. The Morgan fingerprint density at radius 2 is 1.90 bits per heavy atom. The Morgan fingerprint density at radius 3 is 2.50 bits per heavy atom. The third-order valence-electron chi connectivity index (χ3n) is 4.43. The summed E-state index contributed by atoms with van der Waals surface area (Å²) >= 11 is 0. The van der Waals surface area contributed by atoms with Gasteiger partial charge in [-0.15, -0.1) is 0 Å². The second-order valence-electron chi connectivity index (χ2n) is 6.00. The lowest BCUT2D eigenvalue weighted by Crippen LogP contribution is -2.34. The Labute approximate surface area is 122 Å². The second kappa shape index (κ2) is 5.98. The SMILES string of the molecule is CCNc1cc(N(CC)C2CCCC2)nc(C2CC2)n1. The highest BCUT2D eigenvalue weighted by atomic mass is 15.2. The molecule has 0 spiro atoms. The van der Waals surface area contributed by atoms with E-state index in [0.29, 0.717) is 12.0 Å². The highest BCUT2D eigenvalue weighted by molar-refractivity contribution is 5.50. The topological polar surface area (TPSA) is 41.0 Å². The van der Waals surface area contributed by atoms with Crippen LogP contribution in [0.4, 0.5) is 11.6 Å². The summed E-state index contributed by atoms with van der Waals surface area (Å²) in [5.41, 5.74) is 0. The lowest BCUT2D eigenvalue weighted by molar-refractivity contribution is 0.610. The van der Waals surface area contributed by atoms with Crippen molar-refractivity contribution in [3.05, 3.63) is 11.9 Å². The molecule has 0 bridgehead atoms. The number of rotatable bonds is 6. The van der Waals surface area contributed by atoms with Crippen LogP contribution in [0, 0.1) is 0 Å². The standard InChI is InChI=1S/C16H26N4/c1-3-17-14-11-15(19-16(18-14)12-9-10-12)20(4-2)13-7-5-6-8-13/h11-13H,3-10H2,1-2H3,(H,17,18,19). The second-order valence-corrected chi connectivity index (χ2v) is 6.00. The predicted molar refractivity (Wildman–Crippen MR) is 83.4 cm³/mol. The smallest absolute Gasteiger partial charge is 0.136 e.